The lowest BCUT2D eigenvalue weighted by atomic mass is 9.80. The summed E-state index contributed by atoms with van der Waals surface area (Å²) in [5, 5.41) is 23.0. The third kappa shape index (κ3) is 10.4. The molecule has 0 aliphatic carbocycles. The summed E-state index contributed by atoms with van der Waals surface area (Å²) in [5.41, 5.74) is 9.83. The number of para-hydroxylation sites is 1. The zero-order valence-electron chi connectivity index (χ0n) is 24.2. The van der Waals surface area contributed by atoms with Crippen molar-refractivity contribution in [1.82, 2.24) is 15.5 Å². The highest BCUT2D eigenvalue weighted by Crippen LogP contribution is 2.30. The number of nitrogens with two attached hydrogens (primary N) is 2. The number of terminal acetylenes is 1. The first-order chi connectivity index (χ1) is 20.1. The van der Waals surface area contributed by atoms with Crippen LogP contribution in [-0.2, 0) is 14.4 Å². The zero-order chi connectivity index (χ0) is 32.3. The summed E-state index contributed by atoms with van der Waals surface area (Å²) in [6.45, 7) is 4.88. The second-order valence-electron chi connectivity index (χ2n) is 10.6. The second-order valence-corrected chi connectivity index (χ2v) is 10.6. The molecule has 1 saturated heterocycles. The number of carbonyl (C=O) groups excluding carboxylic acids is 4. The van der Waals surface area contributed by atoms with Gasteiger partial charge in [0.1, 0.15) is 17.8 Å². The summed E-state index contributed by atoms with van der Waals surface area (Å²) in [6, 6.07) is 12.7. The summed E-state index contributed by atoms with van der Waals surface area (Å²) in [6.07, 6.45) is 1.99. The molecule has 2 aromatic rings. The normalized spacial score (nSPS) is 17.2. The predicted molar refractivity (Wildman–Crippen MR) is 156 cm³/mol. The number of primary amides is 2. The van der Waals surface area contributed by atoms with E-state index in [1.54, 1.807) is 75.4 Å². The fourth-order valence-electron chi connectivity index (χ4n) is 4.62. The van der Waals surface area contributed by atoms with Gasteiger partial charge in [-0.15, -0.1) is 6.42 Å². The van der Waals surface area contributed by atoms with Crippen LogP contribution in [-0.4, -0.2) is 69.8 Å². The Hall–Kier alpha value is -5.09. The Labute approximate surface area is 249 Å². The molecular weight excluding hydrogens is 558 g/mol. The molecule has 1 aliphatic rings. The topological polar surface area (TPSA) is 214 Å². The molecule has 13 heteroatoms. The monoisotopic (exact) mass is 595 g/mol. The molecule has 0 spiro atoms. The fourth-order valence-corrected chi connectivity index (χ4v) is 4.62. The van der Waals surface area contributed by atoms with Crippen molar-refractivity contribution in [3.05, 3.63) is 65.7 Å². The number of rotatable bonds is 9. The smallest absolute Gasteiger partial charge is 0.413 e. The molecule has 4 atom stereocenters. The molecule has 230 valence electrons. The summed E-state index contributed by atoms with van der Waals surface area (Å²) in [7, 11) is 0. The van der Waals surface area contributed by atoms with E-state index in [0.717, 1.165) is 5.56 Å². The van der Waals surface area contributed by atoms with Gasteiger partial charge in [0.15, 0.2) is 0 Å². The average molecular weight is 596 g/mol. The highest BCUT2D eigenvalue weighted by atomic mass is 16.6. The molecule has 3 rings (SSSR count). The maximum absolute atomic E-state index is 13.8. The van der Waals surface area contributed by atoms with Crippen molar-refractivity contribution < 1.29 is 38.9 Å². The lowest BCUT2D eigenvalue weighted by Crippen LogP contribution is -2.59. The van der Waals surface area contributed by atoms with Gasteiger partial charge in [-0.2, -0.15) is 0 Å². The molecular formula is C30H37N5O8. The summed E-state index contributed by atoms with van der Waals surface area (Å²) >= 11 is 0. The van der Waals surface area contributed by atoms with Gasteiger partial charge in [0.05, 0.1) is 12.1 Å². The Morgan fingerprint density at radius 1 is 1.07 bits per heavy atom. The van der Waals surface area contributed by atoms with Gasteiger partial charge in [-0.1, -0.05) is 50.1 Å². The van der Waals surface area contributed by atoms with Crippen LogP contribution in [0, 0.1) is 17.8 Å². The van der Waals surface area contributed by atoms with Crippen molar-refractivity contribution in [2.24, 2.45) is 16.9 Å². The lowest BCUT2D eigenvalue weighted by molar-refractivity contribution is -0.143. The molecule has 5 amide bonds. The number of hydrogen-bond donors (Lipinski definition) is 6. The summed E-state index contributed by atoms with van der Waals surface area (Å²) in [4.78, 5) is 61.7. The van der Waals surface area contributed by atoms with Crippen molar-refractivity contribution in [3.8, 4) is 18.1 Å². The average Bonchev–Trinajstić information content (AvgIpc) is 3.32. The number of hydrogen-bond acceptors (Lipinski definition) is 7. The standard InChI is InChI=1S/C29H34N4O6.CH3NO2/c1-5-19-11-13-20(14-12-19)18(2)31-26(36)23-15-21(34)17-33(23)27(37)25(29(3,4)16-24(30)35)32-28(38)39-22-9-7-6-8-10-22;2-1(3)4/h1,6-14,18,21,23,25,34H,15-17H2,2-4H3,(H2,30,35)(H,31,36)(H,32,38);2H2,(H,3,4)/t18-,21+,23-,25+;/m0./s1. The number of amides is 5. The van der Waals surface area contributed by atoms with Crippen LogP contribution in [0.5, 0.6) is 5.75 Å². The Morgan fingerprint density at radius 3 is 2.19 bits per heavy atom. The fraction of sp³-hybridized carbons (Fsp3) is 0.367. The first-order valence-corrected chi connectivity index (χ1v) is 13.3. The third-order valence-corrected chi connectivity index (χ3v) is 6.68. The molecule has 1 fully saturated rings. The zero-order valence-corrected chi connectivity index (χ0v) is 24.2. The molecule has 1 heterocycles. The van der Waals surface area contributed by atoms with Crippen molar-refractivity contribution in [2.45, 2.75) is 57.8 Å². The van der Waals surface area contributed by atoms with E-state index >= 15 is 0 Å². The van der Waals surface area contributed by atoms with Gasteiger partial charge in [0, 0.05) is 30.4 Å². The van der Waals surface area contributed by atoms with Gasteiger partial charge >= 0.3 is 12.2 Å². The number of ether oxygens (including phenoxy) is 1. The molecule has 0 bridgehead atoms. The predicted octanol–water partition coefficient (Wildman–Crippen LogP) is 1.49. The number of carbonyl (C=O) groups is 5. The Kier molecular flexibility index (Phi) is 12.1. The molecule has 2 aromatic carbocycles. The number of likely N-dealkylation sites (tertiary alicyclic amines) is 1. The Balaban J connectivity index is 0.00000151. The van der Waals surface area contributed by atoms with Crippen LogP contribution >= 0.6 is 0 Å². The van der Waals surface area contributed by atoms with Crippen LogP contribution in [0.2, 0.25) is 0 Å². The summed E-state index contributed by atoms with van der Waals surface area (Å²) < 4.78 is 5.29. The number of carboxylic acid groups (broad SMARTS) is 1. The maximum Gasteiger partial charge on any atom is 0.413 e. The Morgan fingerprint density at radius 2 is 1.65 bits per heavy atom. The van der Waals surface area contributed by atoms with Crippen molar-refractivity contribution in [1.29, 1.82) is 0 Å². The van der Waals surface area contributed by atoms with Crippen LogP contribution < -0.4 is 26.8 Å². The van der Waals surface area contributed by atoms with E-state index in [1.165, 1.54) is 4.90 Å². The molecule has 0 aromatic heterocycles. The first-order valence-electron chi connectivity index (χ1n) is 13.3. The number of nitrogens with zero attached hydrogens (tertiary/aromatic N) is 1. The van der Waals surface area contributed by atoms with Crippen molar-refractivity contribution in [2.75, 3.05) is 6.54 Å². The molecule has 13 nitrogen and oxygen atoms in total. The van der Waals surface area contributed by atoms with E-state index in [4.69, 9.17) is 26.8 Å². The minimum atomic E-state index is -1.33. The van der Waals surface area contributed by atoms with E-state index in [9.17, 15) is 24.3 Å². The number of nitrogens with one attached hydrogen (secondary N) is 2. The van der Waals surface area contributed by atoms with E-state index in [1.807, 2.05) is 0 Å². The van der Waals surface area contributed by atoms with Crippen molar-refractivity contribution in [3.63, 3.8) is 0 Å². The number of β-amino-alcohol motifs (C(OH)–C–C–N with tert-alkyl or cyclic N) is 1. The molecule has 43 heavy (non-hydrogen) atoms. The van der Waals surface area contributed by atoms with Crippen LogP contribution in [0.15, 0.2) is 54.6 Å². The van der Waals surface area contributed by atoms with Gasteiger partial charge in [-0.3, -0.25) is 14.4 Å². The minimum absolute atomic E-state index is 0.0117. The van der Waals surface area contributed by atoms with Crippen molar-refractivity contribution >= 4 is 29.9 Å². The van der Waals surface area contributed by atoms with Crippen LogP contribution in [0.1, 0.15) is 50.8 Å². The van der Waals surface area contributed by atoms with Gasteiger partial charge in [-0.25, -0.2) is 9.59 Å². The van der Waals surface area contributed by atoms with Gasteiger partial charge in [0.2, 0.25) is 17.7 Å². The first kappa shape index (κ1) is 34.1. The molecule has 0 saturated carbocycles. The molecule has 0 radical (unpaired) electrons. The Bertz CT molecular complexity index is 1340. The van der Waals surface area contributed by atoms with Crippen LogP contribution in [0.3, 0.4) is 0 Å². The minimum Gasteiger partial charge on any atom is -0.465 e. The highest BCUT2D eigenvalue weighted by Gasteiger charge is 2.46. The lowest BCUT2D eigenvalue weighted by Gasteiger charge is -2.36. The van der Waals surface area contributed by atoms with Crippen LogP contribution in [0.4, 0.5) is 9.59 Å². The SMILES string of the molecule is C#Cc1ccc([C@H](C)NC(=O)[C@@H]2C[C@@H](O)CN2C(=O)[C@@H](NC(=O)Oc2ccccc2)C(C)(C)CC(N)=O)cc1.NC(=O)O. The maximum atomic E-state index is 13.8. The number of aliphatic hydroxyl groups is 1. The van der Waals surface area contributed by atoms with E-state index in [0.29, 0.717) is 5.56 Å². The van der Waals surface area contributed by atoms with E-state index in [2.05, 4.69) is 22.3 Å². The second kappa shape index (κ2) is 15.2. The van der Waals surface area contributed by atoms with E-state index < -0.39 is 59.6 Å². The van der Waals surface area contributed by atoms with Gasteiger partial charge in [-0.05, 0) is 36.8 Å². The van der Waals surface area contributed by atoms with E-state index in [-0.39, 0.29) is 25.1 Å². The largest absolute Gasteiger partial charge is 0.465 e. The number of benzene rings is 2. The quantitative estimate of drug-likeness (QED) is 0.233. The molecule has 0 unspecified atom stereocenters. The summed E-state index contributed by atoms with van der Waals surface area (Å²) in [5.74, 6) is 1.01. The third-order valence-electron chi connectivity index (χ3n) is 6.68. The highest BCUT2D eigenvalue weighted by molar-refractivity contribution is 5.93. The van der Waals surface area contributed by atoms with Gasteiger partial charge < -0.3 is 42.0 Å². The molecule has 1 aliphatic heterocycles. The molecule has 8 N–H and O–H groups in total. The van der Waals surface area contributed by atoms with Crippen LogP contribution in [0.25, 0.3) is 0 Å². The van der Waals surface area contributed by atoms with Gasteiger partial charge in [0.25, 0.3) is 0 Å². The number of aliphatic hydroxyl groups excluding tert-OH is 1.